The van der Waals surface area contributed by atoms with E-state index in [1.165, 1.54) is 19.3 Å². The van der Waals surface area contributed by atoms with Crippen molar-refractivity contribution in [1.82, 2.24) is 35.1 Å². The SMILES string of the molecule is O=C(Nc1cnccn1)[C@@H]1CCCN1c1nc(Nc2cc(C3CC3)[nH]n2)nc(C2C3CCCC2COC3)n1. The molecule has 4 aliphatic rings. The van der Waals surface area contributed by atoms with Crippen LogP contribution in [0, 0.1) is 11.8 Å². The molecule has 2 saturated carbocycles. The van der Waals surface area contributed by atoms with Crippen LogP contribution in [0.3, 0.4) is 0 Å². The van der Waals surface area contributed by atoms with Crippen LogP contribution in [0.5, 0.6) is 0 Å². The number of fused-ring (bicyclic) bond motifs is 2. The van der Waals surface area contributed by atoms with Crippen LogP contribution in [-0.4, -0.2) is 66.8 Å². The van der Waals surface area contributed by atoms with E-state index in [0.29, 0.717) is 54.3 Å². The van der Waals surface area contributed by atoms with Crippen molar-refractivity contribution in [3.05, 3.63) is 36.2 Å². The highest BCUT2D eigenvalue weighted by atomic mass is 16.5. The smallest absolute Gasteiger partial charge is 0.248 e. The Kier molecular flexibility index (Phi) is 6.11. The second-order valence-corrected chi connectivity index (χ2v) is 10.9. The number of nitrogens with one attached hydrogen (secondary N) is 3. The molecule has 2 bridgehead atoms. The van der Waals surface area contributed by atoms with Gasteiger partial charge in [0.2, 0.25) is 17.8 Å². The molecule has 3 aromatic rings. The van der Waals surface area contributed by atoms with Gasteiger partial charge in [-0.05, 0) is 50.4 Å². The standard InChI is InChI=1S/C26H32N10O2/c37-24(29-21-12-27-8-9-28-21)19-5-2-10-36(19)26-32-23(22-16-3-1-4-17(22)14-38-13-16)31-25(33-26)30-20-11-18(34-35-20)15-6-7-15/h8-9,11-12,15-17,19,22H,1-7,10,13-14H2,(H,28,29,37)(H2,30,31,32,33,34,35)/t16?,17?,19-,22?/m0/s1. The summed E-state index contributed by atoms with van der Waals surface area (Å²) in [6.07, 6.45) is 12.1. The first-order valence-corrected chi connectivity index (χ1v) is 13.7. The van der Waals surface area contributed by atoms with Crippen molar-refractivity contribution in [3.63, 3.8) is 0 Å². The molecule has 7 rings (SSSR count). The van der Waals surface area contributed by atoms with Gasteiger partial charge in [0.05, 0.1) is 19.4 Å². The molecule has 0 aromatic carbocycles. The summed E-state index contributed by atoms with van der Waals surface area (Å²) in [7, 11) is 0. The Labute approximate surface area is 220 Å². The Morgan fingerprint density at radius 1 is 1.00 bits per heavy atom. The summed E-state index contributed by atoms with van der Waals surface area (Å²) in [5, 5.41) is 13.8. The first-order chi connectivity index (χ1) is 18.7. The third-order valence-electron chi connectivity index (χ3n) is 8.25. The number of hydrogen-bond donors (Lipinski definition) is 3. The van der Waals surface area contributed by atoms with Crippen LogP contribution in [-0.2, 0) is 9.53 Å². The fourth-order valence-corrected chi connectivity index (χ4v) is 6.24. The van der Waals surface area contributed by atoms with Gasteiger partial charge in [0.25, 0.3) is 0 Å². The minimum atomic E-state index is -0.402. The molecule has 3 atom stereocenters. The Balaban J connectivity index is 1.21. The minimum absolute atomic E-state index is 0.135. The van der Waals surface area contributed by atoms with Gasteiger partial charge < -0.3 is 20.3 Å². The fourth-order valence-electron chi connectivity index (χ4n) is 6.24. The van der Waals surface area contributed by atoms with Gasteiger partial charge in [-0.25, -0.2) is 4.98 Å². The molecule has 0 spiro atoms. The van der Waals surface area contributed by atoms with Crippen molar-refractivity contribution < 1.29 is 9.53 Å². The van der Waals surface area contributed by atoms with Crippen LogP contribution < -0.4 is 15.5 Å². The van der Waals surface area contributed by atoms with E-state index in [0.717, 1.165) is 44.0 Å². The van der Waals surface area contributed by atoms with E-state index in [2.05, 4.69) is 30.8 Å². The Morgan fingerprint density at radius 3 is 2.66 bits per heavy atom. The van der Waals surface area contributed by atoms with Crippen molar-refractivity contribution in [2.24, 2.45) is 11.8 Å². The van der Waals surface area contributed by atoms with E-state index in [4.69, 9.17) is 19.7 Å². The summed E-state index contributed by atoms with van der Waals surface area (Å²) in [4.78, 5) is 38.2. The average Bonchev–Trinajstić information content (AvgIpc) is 3.46. The van der Waals surface area contributed by atoms with E-state index in [-0.39, 0.29) is 11.8 Å². The molecular formula is C26H32N10O2. The summed E-state index contributed by atoms with van der Waals surface area (Å²) >= 11 is 0. The summed E-state index contributed by atoms with van der Waals surface area (Å²) in [5.74, 6) is 4.34. The summed E-state index contributed by atoms with van der Waals surface area (Å²) in [6, 6.07) is 1.64. The number of anilines is 4. The third kappa shape index (κ3) is 4.68. The molecule has 12 nitrogen and oxygen atoms in total. The minimum Gasteiger partial charge on any atom is -0.381 e. The van der Waals surface area contributed by atoms with E-state index in [9.17, 15) is 4.79 Å². The second-order valence-electron chi connectivity index (χ2n) is 10.9. The highest BCUT2D eigenvalue weighted by Gasteiger charge is 2.41. The number of hydrogen-bond acceptors (Lipinski definition) is 10. The average molecular weight is 517 g/mol. The number of rotatable bonds is 7. The predicted octanol–water partition coefficient (Wildman–Crippen LogP) is 3.14. The van der Waals surface area contributed by atoms with E-state index < -0.39 is 6.04 Å². The quantitative estimate of drug-likeness (QED) is 0.428. The molecule has 4 fully saturated rings. The van der Waals surface area contributed by atoms with Crippen molar-refractivity contribution >= 4 is 29.4 Å². The number of carbonyl (C=O) groups excluding carboxylic acids is 1. The number of carbonyl (C=O) groups is 1. The van der Waals surface area contributed by atoms with Gasteiger partial charge >= 0.3 is 0 Å². The van der Waals surface area contributed by atoms with E-state index in [1.807, 2.05) is 11.0 Å². The van der Waals surface area contributed by atoms with Gasteiger partial charge in [-0.2, -0.15) is 20.1 Å². The number of aromatic amines is 1. The zero-order valence-corrected chi connectivity index (χ0v) is 21.2. The van der Waals surface area contributed by atoms with Crippen molar-refractivity contribution in [1.29, 1.82) is 0 Å². The van der Waals surface area contributed by atoms with Crippen LogP contribution in [0.15, 0.2) is 24.7 Å². The maximum Gasteiger partial charge on any atom is 0.248 e. The first kappa shape index (κ1) is 23.4. The maximum atomic E-state index is 13.3. The molecule has 2 aliphatic carbocycles. The van der Waals surface area contributed by atoms with Gasteiger partial charge in [0.1, 0.15) is 11.9 Å². The normalized spacial score (nSPS) is 26.8. The van der Waals surface area contributed by atoms with E-state index in [1.54, 1.807) is 18.6 Å². The zero-order chi connectivity index (χ0) is 25.5. The molecule has 198 valence electrons. The topological polar surface area (TPSA) is 147 Å². The highest BCUT2D eigenvalue weighted by molar-refractivity contribution is 5.96. The van der Waals surface area contributed by atoms with Crippen molar-refractivity contribution in [2.75, 3.05) is 35.3 Å². The van der Waals surface area contributed by atoms with Crippen LogP contribution in [0.2, 0.25) is 0 Å². The molecule has 3 N–H and O–H groups in total. The summed E-state index contributed by atoms with van der Waals surface area (Å²) in [6.45, 7) is 2.17. The van der Waals surface area contributed by atoms with Crippen LogP contribution in [0.4, 0.5) is 23.5 Å². The molecule has 2 saturated heterocycles. The highest BCUT2D eigenvalue weighted by Crippen LogP contribution is 2.45. The monoisotopic (exact) mass is 516 g/mol. The van der Waals surface area contributed by atoms with Gasteiger partial charge in [0, 0.05) is 42.5 Å². The molecule has 1 amide bonds. The number of aromatic nitrogens is 7. The fraction of sp³-hybridized carbons (Fsp3) is 0.577. The Hall–Kier alpha value is -3.67. The Morgan fingerprint density at radius 2 is 1.87 bits per heavy atom. The van der Waals surface area contributed by atoms with Crippen LogP contribution in [0.1, 0.15) is 68.3 Å². The second kappa shape index (κ2) is 9.90. The molecular weight excluding hydrogens is 484 g/mol. The van der Waals surface area contributed by atoms with Crippen molar-refractivity contribution in [2.45, 2.75) is 62.8 Å². The molecule has 5 heterocycles. The Bertz CT molecular complexity index is 1270. The molecule has 0 radical (unpaired) electrons. The van der Waals surface area contributed by atoms with Gasteiger partial charge in [-0.3, -0.25) is 14.9 Å². The van der Waals surface area contributed by atoms with Crippen molar-refractivity contribution in [3.8, 4) is 0 Å². The molecule has 2 unspecified atom stereocenters. The number of nitrogens with zero attached hydrogens (tertiary/aromatic N) is 7. The molecule has 38 heavy (non-hydrogen) atoms. The molecule has 2 aliphatic heterocycles. The number of H-pyrrole nitrogens is 1. The lowest BCUT2D eigenvalue weighted by Gasteiger charge is -2.41. The van der Waals surface area contributed by atoms with E-state index >= 15 is 0 Å². The first-order valence-electron chi connectivity index (χ1n) is 13.7. The van der Waals surface area contributed by atoms with Gasteiger partial charge in [-0.15, -0.1) is 0 Å². The lowest BCUT2D eigenvalue weighted by Crippen LogP contribution is -2.42. The van der Waals surface area contributed by atoms with Gasteiger partial charge in [0.15, 0.2) is 11.6 Å². The van der Waals surface area contributed by atoms with Gasteiger partial charge in [-0.1, -0.05) is 6.42 Å². The lowest BCUT2D eigenvalue weighted by atomic mass is 9.70. The summed E-state index contributed by atoms with van der Waals surface area (Å²) in [5.41, 5.74) is 1.14. The largest absolute Gasteiger partial charge is 0.381 e. The molecule has 12 heteroatoms. The van der Waals surface area contributed by atoms with Crippen LogP contribution in [0.25, 0.3) is 0 Å². The summed E-state index contributed by atoms with van der Waals surface area (Å²) < 4.78 is 5.91. The number of ether oxygens (including phenoxy) is 1. The molecule has 3 aromatic heterocycles. The number of amides is 1. The maximum absolute atomic E-state index is 13.3. The lowest BCUT2D eigenvalue weighted by molar-refractivity contribution is -0.117. The predicted molar refractivity (Wildman–Crippen MR) is 139 cm³/mol. The van der Waals surface area contributed by atoms with Crippen LogP contribution >= 0.6 is 0 Å². The zero-order valence-electron chi connectivity index (χ0n) is 21.2. The third-order valence-corrected chi connectivity index (χ3v) is 8.25.